The average molecular weight is 351 g/mol. The van der Waals surface area contributed by atoms with Crippen molar-refractivity contribution in [1.82, 2.24) is 4.90 Å². The molecule has 6 heteroatoms. The van der Waals surface area contributed by atoms with Gasteiger partial charge >= 0.3 is 0 Å². The van der Waals surface area contributed by atoms with Crippen molar-refractivity contribution in [3.8, 4) is 0 Å². The number of amides is 3. The molecule has 0 spiro atoms. The van der Waals surface area contributed by atoms with E-state index in [1.165, 1.54) is 6.92 Å². The van der Waals surface area contributed by atoms with Crippen LogP contribution >= 0.6 is 0 Å². The highest BCUT2D eigenvalue weighted by atomic mass is 16.2. The molecule has 0 radical (unpaired) electrons. The lowest BCUT2D eigenvalue weighted by atomic mass is 9.93. The van der Waals surface area contributed by atoms with Crippen molar-refractivity contribution in [3.05, 3.63) is 60.2 Å². The Hall–Kier alpha value is -3.15. The van der Waals surface area contributed by atoms with Crippen LogP contribution < -0.4 is 10.6 Å². The van der Waals surface area contributed by atoms with Gasteiger partial charge < -0.3 is 15.5 Å². The molecule has 1 heterocycles. The molecular formula is C20H21N3O3. The number of nitrogens with zero attached hydrogens (tertiary/aromatic N) is 1. The molecule has 2 aromatic rings. The predicted molar refractivity (Wildman–Crippen MR) is 99.4 cm³/mol. The molecule has 0 saturated carbocycles. The minimum absolute atomic E-state index is 0.0500. The van der Waals surface area contributed by atoms with E-state index in [9.17, 15) is 14.4 Å². The molecule has 6 nitrogen and oxygen atoms in total. The minimum atomic E-state index is -0.473. The number of hydrogen-bond acceptors (Lipinski definition) is 3. The molecule has 0 unspecified atom stereocenters. The Labute approximate surface area is 152 Å². The van der Waals surface area contributed by atoms with Gasteiger partial charge in [0.05, 0.1) is 12.0 Å². The van der Waals surface area contributed by atoms with Gasteiger partial charge in [-0.05, 0) is 23.8 Å². The van der Waals surface area contributed by atoms with Crippen LogP contribution in [0.2, 0.25) is 0 Å². The second-order valence-corrected chi connectivity index (χ2v) is 6.42. The van der Waals surface area contributed by atoms with Crippen LogP contribution in [0.3, 0.4) is 0 Å². The lowest BCUT2D eigenvalue weighted by molar-refractivity contribution is -0.128. The zero-order valence-electron chi connectivity index (χ0n) is 14.7. The SMILES string of the molecule is CC(=O)Nc1cccc(NC(=O)[C@@H]2CC(=O)N(C)[C@@H]2c2ccccc2)c1. The third kappa shape index (κ3) is 3.74. The molecule has 2 atom stereocenters. The van der Waals surface area contributed by atoms with Crippen molar-refractivity contribution < 1.29 is 14.4 Å². The van der Waals surface area contributed by atoms with Gasteiger partial charge in [0, 0.05) is 31.8 Å². The predicted octanol–water partition coefficient (Wildman–Crippen LogP) is 2.80. The Morgan fingerprint density at radius 1 is 1.00 bits per heavy atom. The first-order chi connectivity index (χ1) is 12.5. The number of carbonyl (C=O) groups is 3. The first-order valence-electron chi connectivity index (χ1n) is 8.45. The molecule has 3 amide bonds. The minimum Gasteiger partial charge on any atom is -0.338 e. The zero-order chi connectivity index (χ0) is 18.7. The average Bonchev–Trinajstić information content (AvgIpc) is 2.91. The molecule has 1 aliphatic heterocycles. The summed E-state index contributed by atoms with van der Waals surface area (Å²) in [5.74, 6) is -0.914. The van der Waals surface area contributed by atoms with E-state index in [1.807, 2.05) is 30.3 Å². The smallest absolute Gasteiger partial charge is 0.230 e. The molecular weight excluding hydrogens is 330 g/mol. The number of nitrogens with one attached hydrogen (secondary N) is 2. The van der Waals surface area contributed by atoms with Crippen molar-refractivity contribution in [2.75, 3.05) is 17.7 Å². The highest BCUT2D eigenvalue weighted by Crippen LogP contribution is 2.37. The van der Waals surface area contributed by atoms with Crippen LogP contribution in [0, 0.1) is 5.92 Å². The molecule has 2 aromatic carbocycles. The maximum Gasteiger partial charge on any atom is 0.230 e. The van der Waals surface area contributed by atoms with Gasteiger partial charge in [0.2, 0.25) is 17.7 Å². The van der Waals surface area contributed by atoms with Crippen LogP contribution in [0.4, 0.5) is 11.4 Å². The second kappa shape index (κ2) is 7.39. The van der Waals surface area contributed by atoms with Gasteiger partial charge in [-0.25, -0.2) is 0 Å². The highest BCUT2D eigenvalue weighted by molar-refractivity contribution is 5.98. The van der Waals surface area contributed by atoms with Crippen molar-refractivity contribution in [2.24, 2.45) is 5.92 Å². The lowest BCUT2D eigenvalue weighted by Gasteiger charge is -2.25. The molecule has 0 aliphatic carbocycles. The number of anilines is 2. The Bertz CT molecular complexity index is 835. The Kier molecular flexibility index (Phi) is 5.02. The van der Waals surface area contributed by atoms with E-state index in [1.54, 1.807) is 36.2 Å². The molecule has 3 rings (SSSR count). The topological polar surface area (TPSA) is 78.5 Å². The van der Waals surface area contributed by atoms with Gasteiger partial charge in [-0.2, -0.15) is 0 Å². The first kappa shape index (κ1) is 17.7. The summed E-state index contributed by atoms with van der Waals surface area (Å²) in [4.78, 5) is 37.9. The number of rotatable bonds is 4. The fourth-order valence-electron chi connectivity index (χ4n) is 3.32. The van der Waals surface area contributed by atoms with Gasteiger partial charge in [-0.1, -0.05) is 36.4 Å². The van der Waals surface area contributed by atoms with Gasteiger partial charge in [0.25, 0.3) is 0 Å². The number of likely N-dealkylation sites (tertiary alicyclic amines) is 1. The lowest BCUT2D eigenvalue weighted by Crippen LogP contribution is -2.30. The zero-order valence-corrected chi connectivity index (χ0v) is 14.7. The summed E-state index contributed by atoms with van der Waals surface area (Å²) < 4.78 is 0. The van der Waals surface area contributed by atoms with E-state index in [0.29, 0.717) is 11.4 Å². The fourth-order valence-corrected chi connectivity index (χ4v) is 3.32. The summed E-state index contributed by atoms with van der Waals surface area (Å²) in [6.45, 7) is 1.43. The normalized spacial score (nSPS) is 19.3. The summed E-state index contributed by atoms with van der Waals surface area (Å²) >= 11 is 0. The van der Waals surface area contributed by atoms with Crippen LogP contribution in [-0.4, -0.2) is 29.7 Å². The molecule has 26 heavy (non-hydrogen) atoms. The van der Waals surface area contributed by atoms with E-state index >= 15 is 0 Å². The largest absolute Gasteiger partial charge is 0.338 e. The van der Waals surface area contributed by atoms with E-state index in [0.717, 1.165) is 5.56 Å². The molecule has 1 fully saturated rings. The number of benzene rings is 2. The molecule has 0 aromatic heterocycles. The standard InChI is InChI=1S/C20H21N3O3/c1-13(24)21-15-9-6-10-16(11-15)22-20(26)17-12-18(25)23(2)19(17)14-7-4-3-5-8-14/h3-11,17,19H,12H2,1-2H3,(H,21,24)(H,22,26)/t17-,19-/m1/s1. The van der Waals surface area contributed by atoms with E-state index < -0.39 is 5.92 Å². The van der Waals surface area contributed by atoms with E-state index in [-0.39, 0.29) is 30.2 Å². The molecule has 1 saturated heterocycles. The highest BCUT2D eigenvalue weighted by Gasteiger charge is 2.42. The van der Waals surface area contributed by atoms with Crippen LogP contribution in [0.25, 0.3) is 0 Å². The molecule has 2 N–H and O–H groups in total. The Balaban J connectivity index is 1.80. The third-order valence-electron chi connectivity index (χ3n) is 4.51. The monoisotopic (exact) mass is 351 g/mol. The Morgan fingerprint density at radius 2 is 1.65 bits per heavy atom. The number of hydrogen-bond donors (Lipinski definition) is 2. The number of carbonyl (C=O) groups excluding carboxylic acids is 3. The van der Waals surface area contributed by atoms with Crippen LogP contribution in [0.5, 0.6) is 0 Å². The molecule has 134 valence electrons. The van der Waals surface area contributed by atoms with Crippen molar-refractivity contribution in [1.29, 1.82) is 0 Å². The molecule has 0 bridgehead atoms. The van der Waals surface area contributed by atoms with Crippen LogP contribution in [-0.2, 0) is 14.4 Å². The van der Waals surface area contributed by atoms with Crippen molar-refractivity contribution in [3.63, 3.8) is 0 Å². The molecule has 1 aliphatic rings. The second-order valence-electron chi connectivity index (χ2n) is 6.42. The van der Waals surface area contributed by atoms with Gasteiger partial charge in [-0.15, -0.1) is 0 Å². The fraction of sp³-hybridized carbons (Fsp3) is 0.250. The van der Waals surface area contributed by atoms with Crippen molar-refractivity contribution in [2.45, 2.75) is 19.4 Å². The summed E-state index contributed by atoms with van der Waals surface area (Å²) in [5.41, 5.74) is 2.12. The maximum absolute atomic E-state index is 12.8. The van der Waals surface area contributed by atoms with Crippen molar-refractivity contribution >= 4 is 29.1 Å². The first-order valence-corrected chi connectivity index (χ1v) is 8.45. The third-order valence-corrected chi connectivity index (χ3v) is 4.51. The summed E-state index contributed by atoms with van der Waals surface area (Å²) in [6, 6.07) is 16.2. The van der Waals surface area contributed by atoms with Gasteiger partial charge in [-0.3, -0.25) is 14.4 Å². The summed E-state index contributed by atoms with van der Waals surface area (Å²) in [6.07, 6.45) is 0.174. The van der Waals surface area contributed by atoms with Crippen LogP contribution in [0.15, 0.2) is 54.6 Å². The van der Waals surface area contributed by atoms with E-state index in [4.69, 9.17) is 0 Å². The van der Waals surface area contributed by atoms with Gasteiger partial charge in [0.1, 0.15) is 0 Å². The quantitative estimate of drug-likeness (QED) is 0.889. The summed E-state index contributed by atoms with van der Waals surface area (Å²) in [5, 5.41) is 5.55. The van der Waals surface area contributed by atoms with E-state index in [2.05, 4.69) is 10.6 Å². The Morgan fingerprint density at radius 3 is 2.31 bits per heavy atom. The van der Waals surface area contributed by atoms with Crippen LogP contribution in [0.1, 0.15) is 24.9 Å². The van der Waals surface area contributed by atoms with Gasteiger partial charge in [0.15, 0.2) is 0 Å². The summed E-state index contributed by atoms with van der Waals surface area (Å²) in [7, 11) is 1.73. The maximum atomic E-state index is 12.8.